The predicted molar refractivity (Wildman–Crippen MR) is 100 cm³/mol. The van der Waals surface area contributed by atoms with Gasteiger partial charge in [0.25, 0.3) is 0 Å². The van der Waals surface area contributed by atoms with Crippen LogP contribution in [-0.4, -0.2) is 32.4 Å². The number of nitrogens with one attached hydrogen (secondary N) is 1. The first-order valence-electron chi connectivity index (χ1n) is 9.13. The van der Waals surface area contributed by atoms with Crippen LogP contribution in [0.15, 0.2) is 41.9 Å². The maximum atomic E-state index is 12.9. The third-order valence-corrected chi connectivity index (χ3v) is 4.77. The van der Waals surface area contributed by atoms with Gasteiger partial charge in [0.05, 0.1) is 11.9 Å². The highest BCUT2D eigenvalue weighted by molar-refractivity contribution is 6.05. The van der Waals surface area contributed by atoms with E-state index < -0.39 is 29.8 Å². The summed E-state index contributed by atoms with van der Waals surface area (Å²) >= 11 is 0. The number of hydrogen-bond acceptors (Lipinski definition) is 4. The van der Waals surface area contributed by atoms with Crippen LogP contribution < -0.4 is 5.32 Å². The molecule has 7 nitrogen and oxygen atoms in total. The van der Waals surface area contributed by atoms with Gasteiger partial charge in [-0.15, -0.1) is 0 Å². The number of amides is 1. The van der Waals surface area contributed by atoms with Crippen LogP contribution in [0.25, 0.3) is 0 Å². The van der Waals surface area contributed by atoms with E-state index in [4.69, 9.17) is 5.11 Å². The van der Waals surface area contributed by atoms with E-state index in [9.17, 15) is 22.8 Å². The molecule has 158 valence electrons. The molecule has 1 aliphatic rings. The van der Waals surface area contributed by atoms with E-state index in [-0.39, 0.29) is 17.3 Å². The Morgan fingerprint density at radius 2 is 2.10 bits per heavy atom. The molecule has 10 heteroatoms. The van der Waals surface area contributed by atoms with Gasteiger partial charge in [0.2, 0.25) is 5.91 Å². The van der Waals surface area contributed by atoms with Gasteiger partial charge in [0.15, 0.2) is 5.69 Å². The topological polar surface area (TPSA) is 96.6 Å². The van der Waals surface area contributed by atoms with Gasteiger partial charge < -0.3 is 15.0 Å². The van der Waals surface area contributed by atoms with E-state index in [1.807, 2.05) is 0 Å². The number of hydrogen-bond donors (Lipinski definition) is 2. The van der Waals surface area contributed by atoms with Crippen LogP contribution in [0.5, 0.6) is 0 Å². The van der Waals surface area contributed by atoms with Crippen molar-refractivity contribution in [2.45, 2.75) is 51.2 Å². The summed E-state index contributed by atoms with van der Waals surface area (Å²) in [6, 6.07) is -0.906. The molecule has 0 radical (unpaired) electrons. The number of aliphatic imine (C=N–C) groups is 1. The average Bonchev–Trinajstić information content (AvgIpc) is 3.33. The first kappa shape index (κ1) is 22.4. The number of halogens is 3. The number of carboxylic acids is 1. The minimum absolute atomic E-state index is 0.00295. The smallest absolute Gasteiger partial charge is 0.434 e. The molecule has 1 saturated carbocycles. The number of alkyl halides is 3. The highest BCUT2D eigenvalue weighted by Crippen LogP contribution is 2.33. The summed E-state index contributed by atoms with van der Waals surface area (Å²) in [5.41, 5.74) is -1.12. The number of nitrogens with zero attached hydrogens (tertiary/aromatic N) is 3. The Kier molecular flexibility index (Phi) is 7.35. The summed E-state index contributed by atoms with van der Waals surface area (Å²) in [4.78, 5) is 30.9. The molecule has 0 bridgehead atoms. The van der Waals surface area contributed by atoms with Crippen molar-refractivity contribution in [3.63, 3.8) is 0 Å². The van der Waals surface area contributed by atoms with E-state index in [0.29, 0.717) is 6.42 Å². The van der Waals surface area contributed by atoms with E-state index >= 15 is 0 Å². The highest BCUT2D eigenvalue weighted by Gasteiger charge is 2.35. The van der Waals surface area contributed by atoms with Crippen LogP contribution in [0.4, 0.5) is 13.2 Å². The van der Waals surface area contributed by atoms with E-state index in [2.05, 4.69) is 21.9 Å². The second kappa shape index (κ2) is 9.53. The number of carboxylic acid groups (broad SMARTS) is 1. The Morgan fingerprint density at radius 1 is 1.45 bits per heavy atom. The molecule has 1 aliphatic carbocycles. The molecule has 1 aromatic rings. The minimum Gasteiger partial charge on any atom is -0.478 e. The molecule has 1 atom stereocenters. The lowest BCUT2D eigenvalue weighted by molar-refractivity contribution is -0.141. The normalized spacial score (nSPS) is 17.2. The van der Waals surface area contributed by atoms with Crippen molar-refractivity contribution < 1.29 is 27.9 Å². The number of carbonyl (C=O) groups excluding carboxylic acids is 1. The van der Waals surface area contributed by atoms with Crippen LogP contribution in [-0.2, 0) is 15.8 Å². The molecule has 29 heavy (non-hydrogen) atoms. The number of aromatic nitrogens is 2. The lowest BCUT2D eigenvalue weighted by Gasteiger charge is -2.21. The van der Waals surface area contributed by atoms with Crippen molar-refractivity contribution in [3.8, 4) is 0 Å². The molecule has 0 aromatic carbocycles. The molecule has 1 fully saturated rings. The number of imidazole rings is 1. The van der Waals surface area contributed by atoms with Crippen LogP contribution in [0.2, 0.25) is 0 Å². The molecule has 0 aliphatic heterocycles. The second-order valence-electron chi connectivity index (χ2n) is 6.93. The Balaban J connectivity index is 2.25. The number of rotatable bonds is 7. The molecule has 2 rings (SSSR count). The molecule has 1 heterocycles. The number of aliphatic carboxylic acids is 1. The largest absolute Gasteiger partial charge is 0.478 e. The average molecular weight is 412 g/mol. The lowest BCUT2D eigenvalue weighted by Crippen LogP contribution is -2.36. The van der Waals surface area contributed by atoms with Gasteiger partial charge in [-0.05, 0) is 25.3 Å². The maximum Gasteiger partial charge on any atom is 0.434 e. The summed E-state index contributed by atoms with van der Waals surface area (Å²) in [6.45, 7) is 4.85. The lowest BCUT2D eigenvalue weighted by atomic mass is 9.97. The van der Waals surface area contributed by atoms with Crippen molar-refractivity contribution >= 4 is 17.7 Å². The van der Waals surface area contributed by atoms with Crippen LogP contribution in [0.1, 0.15) is 50.8 Å². The SMILES string of the molecule is C=CC(=N/C=C(\C)C(=O)O)NC(=O)[C@H](CC1CCCC1)n1cnc(C(F)(F)F)c1. The van der Waals surface area contributed by atoms with Gasteiger partial charge in [0, 0.05) is 12.4 Å². The van der Waals surface area contributed by atoms with Gasteiger partial charge in [-0.1, -0.05) is 32.3 Å². The van der Waals surface area contributed by atoms with Crippen LogP contribution in [0.3, 0.4) is 0 Å². The first-order chi connectivity index (χ1) is 13.6. The Labute approximate surface area is 166 Å². The zero-order chi connectivity index (χ0) is 21.6. The number of carbonyl (C=O) groups is 2. The van der Waals surface area contributed by atoms with E-state index in [1.54, 1.807) is 0 Å². The summed E-state index contributed by atoms with van der Waals surface area (Å²) in [6.07, 6.45) is 3.74. The summed E-state index contributed by atoms with van der Waals surface area (Å²) in [5.74, 6) is -1.51. The van der Waals surface area contributed by atoms with Crippen molar-refractivity contribution in [1.82, 2.24) is 14.9 Å². The predicted octanol–water partition coefficient (Wildman–Crippen LogP) is 3.71. The highest BCUT2D eigenvalue weighted by atomic mass is 19.4. The van der Waals surface area contributed by atoms with Gasteiger partial charge in [0.1, 0.15) is 11.9 Å². The monoisotopic (exact) mass is 412 g/mol. The Morgan fingerprint density at radius 3 is 2.62 bits per heavy atom. The number of amidine groups is 1. The summed E-state index contributed by atoms with van der Waals surface area (Å²) in [7, 11) is 0. The Hall–Kier alpha value is -2.91. The van der Waals surface area contributed by atoms with Crippen molar-refractivity contribution in [1.29, 1.82) is 0 Å². The zero-order valence-electron chi connectivity index (χ0n) is 15.9. The maximum absolute atomic E-state index is 12.9. The fourth-order valence-electron chi connectivity index (χ4n) is 3.15. The fraction of sp³-hybridized carbons (Fsp3) is 0.474. The van der Waals surface area contributed by atoms with Gasteiger partial charge in [-0.25, -0.2) is 14.8 Å². The van der Waals surface area contributed by atoms with Crippen LogP contribution in [0, 0.1) is 5.92 Å². The summed E-state index contributed by atoms with van der Waals surface area (Å²) < 4.78 is 39.9. The fourth-order valence-corrected chi connectivity index (χ4v) is 3.15. The standard InChI is InChI=1S/C19H23F3N4O3/c1-3-16(23-9-12(2)18(28)29)25-17(27)14(8-13-6-4-5-7-13)26-10-15(24-11-26)19(20,21)22/h3,9-11,13-14H,1,4-8H2,2H3,(H,28,29)(H,23,25,27)/b12-9+/t14-/m0/s1. The molecule has 1 aromatic heterocycles. The molecular weight excluding hydrogens is 389 g/mol. The molecule has 0 unspecified atom stereocenters. The van der Waals surface area contributed by atoms with Gasteiger partial charge in [-0.2, -0.15) is 13.2 Å². The van der Waals surface area contributed by atoms with Gasteiger partial charge >= 0.3 is 12.1 Å². The molecule has 0 saturated heterocycles. The summed E-state index contributed by atoms with van der Waals surface area (Å²) in [5, 5.41) is 11.4. The van der Waals surface area contributed by atoms with E-state index in [0.717, 1.165) is 49.0 Å². The van der Waals surface area contributed by atoms with Crippen LogP contribution >= 0.6 is 0 Å². The quantitative estimate of drug-likeness (QED) is 0.405. The third kappa shape index (κ3) is 6.30. The van der Waals surface area contributed by atoms with E-state index in [1.165, 1.54) is 13.0 Å². The van der Waals surface area contributed by atoms with Crippen molar-refractivity contribution in [2.24, 2.45) is 10.9 Å². The molecular formula is C19H23F3N4O3. The first-order valence-corrected chi connectivity index (χ1v) is 9.13. The van der Waals surface area contributed by atoms with Gasteiger partial charge in [-0.3, -0.25) is 4.79 Å². The molecule has 2 N–H and O–H groups in total. The third-order valence-electron chi connectivity index (χ3n) is 4.77. The Bertz CT molecular complexity index is 821. The molecule has 1 amide bonds. The molecule has 0 spiro atoms. The van der Waals surface area contributed by atoms with Crippen molar-refractivity contribution in [3.05, 3.63) is 42.6 Å². The van der Waals surface area contributed by atoms with Crippen molar-refractivity contribution in [2.75, 3.05) is 0 Å². The second-order valence-corrected chi connectivity index (χ2v) is 6.93. The minimum atomic E-state index is -4.60. The zero-order valence-corrected chi connectivity index (χ0v) is 15.9.